The topological polar surface area (TPSA) is 35.2 Å². The molecule has 4 heteroatoms. The van der Waals surface area contributed by atoms with Crippen LogP contribution in [0.1, 0.15) is 29.9 Å². The van der Waals surface area contributed by atoms with Gasteiger partial charge < -0.3 is 10.5 Å². The summed E-state index contributed by atoms with van der Waals surface area (Å²) in [5.74, 6) is 0.865. The third-order valence-corrected chi connectivity index (χ3v) is 4.70. The second-order valence-electron chi connectivity index (χ2n) is 4.57. The van der Waals surface area contributed by atoms with Crippen LogP contribution < -0.4 is 10.5 Å². The molecule has 0 saturated carbocycles. The predicted molar refractivity (Wildman–Crippen MR) is 84.8 cm³/mol. The summed E-state index contributed by atoms with van der Waals surface area (Å²) in [6, 6.07) is 12.2. The zero-order valence-corrected chi connectivity index (χ0v) is 13.5. The average molecular weight is 340 g/mol. The number of rotatable bonds is 5. The normalized spacial score (nSPS) is 14.1. The summed E-state index contributed by atoms with van der Waals surface area (Å²) in [6.45, 7) is 4.15. The van der Waals surface area contributed by atoms with Crippen LogP contribution in [0.2, 0.25) is 0 Å². The molecular formula is C15H18BrNOS. The Morgan fingerprint density at radius 2 is 1.89 bits per heavy atom. The van der Waals surface area contributed by atoms with E-state index in [0.29, 0.717) is 0 Å². The second-order valence-corrected chi connectivity index (χ2v) is 7.06. The highest BCUT2D eigenvalue weighted by Crippen LogP contribution is 2.32. The first-order chi connectivity index (χ1) is 9.10. The molecule has 1 heterocycles. The van der Waals surface area contributed by atoms with E-state index in [-0.39, 0.29) is 12.1 Å². The second kappa shape index (κ2) is 6.55. The van der Waals surface area contributed by atoms with Crippen molar-refractivity contribution in [2.24, 2.45) is 5.73 Å². The molecule has 0 bridgehead atoms. The van der Waals surface area contributed by atoms with Gasteiger partial charge in [-0.2, -0.15) is 0 Å². The first-order valence-corrected chi connectivity index (χ1v) is 7.95. The van der Waals surface area contributed by atoms with Gasteiger partial charge in [-0.15, -0.1) is 11.3 Å². The summed E-state index contributed by atoms with van der Waals surface area (Å²) in [5, 5.41) is 0. The molecule has 102 valence electrons. The molecule has 0 radical (unpaired) electrons. The molecule has 2 atom stereocenters. The fourth-order valence-electron chi connectivity index (χ4n) is 1.82. The van der Waals surface area contributed by atoms with Gasteiger partial charge in [0.1, 0.15) is 11.9 Å². The first kappa shape index (κ1) is 14.6. The van der Waals surface area contributed by atoms with E-state index in [2.05, 4.69) is 35.8 Å². The SMILES string of the molecule is CCC(N)C(Oc1ccc(C)cc1)c1ccc(Br)s1. The molecule has 0 aliphatic carbocycles. The van der Waals surface area contributed by atoms with E-state index < -0.39 is 0 Å². The van der Waals surface area contributed by atoms with Gasteiger partial charge in [-0.1, -0.05) is 24.6 Å². The standard InChI is InChI=1S/C15H18BrNOS/c1-3-12(17)15(13-8-9-14(16)19-13)18-11-6-4-10(2)5-7-11/h4-9,12,15H,3,17H2,1-2H3. The van der Waals surface area contributed by atoms with E-state index in [9.17, 15) is 0 Å². The lowest BCUT2D eigenvalue weighted by atomic mass is 10.1. The maximum Gasteiger partial charge on any atom is 0.148 e. The van der Waals surface area contributed by atoms with Crippen LogP contribution in [0.4, 0.5) is 0 Å². The lowest BCUT2D eigenvalue weighted by molar-refractivity contribution is 0.174. The number of nitrogens with two attached hydrogens (primary N) is 1. The minimum absolute atomic E-state index is 0.00754. The van der Waals surface area contributed by atoms with Crippen LogP contribution in [-0.4, -0.2) is 6.04 Å². The van der Waals surface area contributed by atoms with Crippen LogP contribution in [0.15, 0.2) is 40.2 Å². The quantitative estimate of drug-likeness (QED) is 0.858. The van der Waals surface area contributed by atoms with E-state index in [1.165, 1.54) is 5.56 Å². The Morgan fingerprint density at radius 1 is 1.21 bits per heavy atom. The average Bonchev–Trinajstić information content (AvgIpc) is 2.83. The van der Waals surface area contributed by atoms with E-state index in [1.54, 1.807) is 11.3 Å². The Bertz CT molecular complexity index is 523. The molecule has 0 spiro atoms. The lowest BCUT2D eigenvalue weighted by Gasteiger charge is -2.23. The summed E-state index contributed by atoms with van der Waals surface area (Å²) in [6.07, 6.45) is 0.787. The molecule has 1 aromatic heterocycles. The molecule has 0 aliphatic heterocycles. The first-order valence-electron chi connectivity index (χ1n) is 6.34. The van der Waals surface area contributed by atoms with Gasteiger partial charge >= 0.3 is 0 Å². The number of halogens is 1. The van der Waals surface area contributed by atoms with Gasteiger partial charge in [-0.3, -0.25) is 0 Å². The van der Waals surface area contributed by atoms with Crippen molar-refractivity contribution in [2.45, 2.75) is 32.4 Å². The van der Waals surface area contributed by atoms with Gasteiger partial charge in [-0.05, 0) is 53.5 Å². The number of ether oxygens (including phenoxy) is 1. The smallest absolute Gasteiger partial charge is 0.148 e. The Hall–Kier alpha value is -0.840. The van der Waals surface area contributed by atoms with Crippen LogP contribution >= 0.6 is 27.3 Å². The molecule has 1 aromatic carbocycles. The van der Waals surface area contributed by atoms with Crippen LogP contribution in [0, 0.1) is 6.92 Å². The zero-order chi connectivity index (χ0) is 13.8. The van der Waals surface area contributed by atoms with Crippen LogP contribution in [0.5, 0.6) is 5.75 Å². The number of hydrogen-bond acceptors (Lipinski definition) is 3. The van der Waals surface area contributed by atoms with Crippen molar-refractivity contribution in [3.05, 3.63) is 50.6 Å². The predicted octanol–water partition coefficient (Wildman–Crippen LogP) is 4.68. The molecule has 2 unspecified atom stereocenters. The lowest BCUT2D eigenvalue weighted by Crippen LogP contribution is -2.30. The minimum Gasteiger partial charge on any atom is -0.483 e. The summed E-state index contributed by atoms with van der Waals surface area (Å²) < 4.78 is 7.19. The Labute approximate surface area is 126 Å². The summed E-state index contributed by atoms with van der Waals surface area (Å²) in [4.78, 5) is 1.15. The van der Waals surface area contributed by atoms with E-state index in [0.717, 1.165) is 20.8 Å². The Kier molecular flexibility index (Phi) is 5.02. The highest BCUT2D eigenvalue weighted by molar-refractivity contribution is 9.11. The third-order valence-electron chi connectivity index (χ3n) is 3.02. The molecule has 0 fully saturated rings. The Morgan fingerprint density at radius 3 is 2.42 bits per heavy atom. The molecule has 2 aromatic rings. The monoisotopic (exact) mass is 339 g/mol. The van der Waals surface area contributed by atoms with Gasteiger partial charge in [0, 0.05) is 10.9 Å². The number of thiophene rings is 1. The number of aryl methyl sites for hydroxylation is 1. The van der Waals surface area contributed by atoms with Crippen molar-refractivity contribution in [1.82, 2.24) is 0 Å². The fraction of sp³-hybridized carbons (Fsp3) is 0.333. The van der Waals surface area contributed by atoms with Crippen LogP contribution in [0.25, 0.3) is 0 Å². The molecule has 0 aliphatic rings. The van der Waals surface area contributed by atoms with Gasteiger partial charge in [-0.25, -0.2) is 0 Å². The van der Waals surface area contributed by atoms with Gasteiger partial charge in [0.05, 0.1) is 3.79 Å². The van der Waals surface area contributed by atoms with Crippen molar-refractivity contribution >= 4 is 27.3 Å². The maximum atomic E-state index is 6.20. The molecule has 19 heavy (non-hydrogen) atoms. The molecular weight excluding hydrogens is 322 g/mol. The third kappa shape index (κ3) is 3.81. The molecule has 0 saturated heterocycles. The minimum atomic E-state index is -0.0935. The molecule has 2 nitrogen and oxygen atoms in total. The van der Waals surface area contributed by atoms with Gasteiger partial charge in [0.25, 0.3) is 0 Å². The van der Waals surface area contributed by atoms with Gasteiger partial charge in [0.15, 0.2) is 0 Å². The largest absolute Gasteiger partial charge is 0.483 e. The summed E-state index contributed by atoms with van der Waals surface area (Å²) in [7, 11) is 0. The summed E-state index contributed by atoms with van der Waals surface area (Å²) in [5.41, 5.74) is 7.43. The number of benzene rings is 1. The molecule has 2 rings (SSSR count). The van der Waals surface area contributed by atoms with E-state index in [1.807, 2.05) is 30.3 Å². The van der Waals surface area contributed by atoms with E-state index >= 15 is 0 Å². The highest BCUT2D eigenvalue weighted by atomic mass is 79.9. The van der Waals surface area contributed by atoms with Gasteiger partial charge in [0.2, 0.25) is 0 Å². The van der Waals surface area contributed by atoms with Crippen molar-refractivity contribution in [1.29, 1.82) is 0 Å². The molecule has 2 N–H and O–H groups in total. The van der Waals surface area contributed by atoms with Crippen molar-refractivity contribution in [3.63, 3.8) is 0 Å². The molecule has 0 amide bonds. The van der Waals surface area contributed by atoms with Crippen molar-refractivity contribution in [3.8, 4) is 5.75 Å². The van der Waals surface area contributed by atoms with E-state index in [4.69, 9.17) is 10.5 Å². The van der Waals surface area contributed by atoms with Crippen molar-refractivity contribution in [2.75, 3.05) is 0 Å². The highest BCUT2D eigenvalue weighted by Gasteiger charge is 2.22. The van der Waals surface area contributed by atoms with Crippen LogP contribution in [-0.2, 0) is 0 Å². The Balaban J connectivity index is 2.21. The maximum absolute atomic E-state index is 6.20. The van der Waals surface area contributed by atoms with Crippen molar-refractivity contribution < 1.29 is 4.74 Å². The van der Waals surface area contributed by atoms with Crippen LogP contribution in [0.3, 0.4) is 0 Å². The zero-order valence-electron chi connectivity index (χ0n) is 11.1. The fourth-order valence-corrected chi connectivity index (χ4v) is 3.34. The number of hydrogen-bond donors (Lipinski definition) is 1. The summed E-state index contributed by atoms with van der Waals surface area (Å²) >= 11 is 5.16.